The summed E-state index contributed by atoms with van der Waals surface area (Å²) in [6.07, 6.45) is 12.6. The lowest BCUT2D eigenvalue weighted by Gasteiger charge is -2.42. The van der Waals surface area contributed by atoms with Crippen LogP contribution >= 0.6 is 11.6 Å². The van der Waals surface area contributed by atoms with Gasteiger partial charge in [-0.1, -0.05) is 110 Å². The minimum atomic E-state index is -1.65. The summed E-state index contributed by atoms with van der Waals surface area (Å²) < 4.78 is 53.1. The summed E-state index contributed by atoms with van der Waals surface area (Å²) in [5.74, 6) is -1.97. The highest BCUT2D eigenvalue weighted by atomic mass is 35.5. The molecule has 4 aliphatic heterocycles. The van der Waals surface area contributed by atoms with Crippen LogP contribution in [0.15, 0.2) is 84.5 Å². The number of benzene rings is 3. The molecule has 4 N–H and O–H groups in total. The van der Waals surface area contributed by atoms with Crippen molar-refractivity contribution in [3.05, 3.63) is 117 Å². The largest absolute Gasteiger partial charge is 0.495 e. The SMILES string of the molecule is COc1cc2cc(c1Cl)N(C)C(=O)C[C@](C)(OC(=O)[C@H](C)N(C)C(=O)C1CCC(CCCCC(=O)N(C)CCOCCOCCOCCOCCC(=O)N(C)CCCCCC(=O)C3Cc4ccccc4C4=C(NNN4)c4ccccc43)CC1)[C@]1(C)O[C@H]1[C@H](C)[C@@H]1C[C@@](O)(CC(=O)O1)[C@H](OC)/C=C/C=C(\C)C2. The van der Waals surface area contributed by atoms with E-state index in [0.717, 1.165) is 96.2 Å². The normalized spacial score (nSPS) is 26.1. The van der Waals surface area contributed by atoms with E-state index in [-0.39, 0.29) is 66.0 Å². The van der Waals surface area contributed by atoms with E-state index < -0.39 is 64.9 Å². The summed E-state index contributed by atoms with van der Waals surface area (Å²) in [5, 5.41) is 12.3. The van der Waals surface area contributed by atoms with E-state index >= 15 is 0 Å². The molecule has 106 heavy (non-hydrogen) atoms. The number of likely N-dealkylation sites (N-methyl/N-ethyl adjacent to an activating group) is 2. The lowest BCUT2D eigenvalue weighted by Crippen LogP contribution is -2.55. The number of anilines is 1. The highest BCUT2D eigenvalue weighted by Crippen LogP contribution is 2.55. The van der Waals surface area contributed by atoms with Crippen molar-refractivity contribution in [1.82, 2.24) is 31.1 Å². The van der Waals surface area contributed by atoms with E-state index in [1.54, 1.807) is 69.9 Å². The Bertz CT molecular complexity index is 3640. The fraction of sp³-hybridized carbons (Fsp3) is 0.617. The van der Waals surface area contributed by atoms with Crippen LogP contribution in [0, 0.1) is 17.8 Å². The van der Waals surface area contributed by atoms with Gasteiger partial charge >= 0.3 is 11.9 Å². The molecule has 24 nitrogen and oxygen atoms in total. The van der Waals surface area contributed by atoms with Crippen LogP contribution in [0.3, 0.4) is 0 Å². The van der Waals surface area contributed by atoms with E-state index in [9.17, 15) is 38.7 Å². The molecule has 25 heteroatoms. The van der Waals surface area contributed by atoms with Gasteiger partial charge in [0, 0.05) is 96.5 Å². The van der Waals surface area contributed by atoms with Gasteiger partial charge in [0.2, 0.25) is 23.6 Å². The molecule has 0 spiro atoms. The number of aliphatic hydroxyl groups is 1. The van der Waals surface area contributed by atoms with Gasteiger partial charge < -0.3 is 78.2 Å². The Hall–Kier alpha value is -7.26. The number of methoxy groups -OCH3 is 2. The van der Waals surface area contributed by atoms with E-state index in [0.29, 0.717) is 122 Å². The number of hydrogen-bond acceptors (Lipinski definition) is 20. The van der Waals surface area contributed by atoms with Crippen LogP contribution in [0.25, 0.3) is 11.4 Å². The topological polar surface area (TPSA) is 275 Å². The zero-order chi connectivity index (χ0) is 76.3. The molecule has 582 valence electrons. The number of unbranched alkanes of at least 4 members (excludes halogenated alkanes) is 3. The maximum Gasteiger partial charge on any atom is 0.329 e. The lowest BCUT2D eigenvalue weighted by molar-refractivity contribution is -0.187. The number of amides is 4. The van der Waals surface area contributed by atoms with Crippen LogP contribution in [0.5, 0.6) is 5.75 Å². The maximum absolute atomic E-state index is 14.7. The lowest BCUT2D eigenvalue weighted by atomic mass is 9.76. The number of Topliss-reactive ketones (excluding diaryl/α,β-unsaturated/α-hetero) is 1. The number of epoxide rings is 1. The predicted octanol–water partition coefficient (Wildman–Crippen LogP) is 9.80. The fourth-order valence-corrected chi connectivity index (χ4v) is 15.7. The molecule has 2 saturated heterocycles. The number of carbonyl (C=O) groups excluding carboxylic acids is 7. The van der Waals surface area contributed by atoms with Gasteiger partial charge in [-0.15, -0.1) is 5.53 Å². The number of ketones is 1. The maximum atomic E-state index is 14.7. The van der Waals surface area contributed by atoms with Gasteiger partial charge in [0.15, 0.2) is 0 Å². The number of esters is 2. The molecule has 0 aromatic heterocycles. The first-order valence-corrected chi connectivity index (χ1v) is 38.3. The van der Waals surface area contributed by atoms with Crippen molar-refractivity contribution in [3.63, 3.8) is 0 Å². The van der Waals surface area contributed by atoms with Gasteiger partial charge in [-0.05, 0) is 120 Å². The van der Waals surface area contributed by atoms with Crippen molar-refractivity contribution in [1.29, 1.82) is 0 Å². The molecule has 3 aromatic carbocycles. The molecule has 3 aromatic rings. The minimum Gasteiger partial charge on any atom is -0.495 e. The summed E-state index contributed by atoms with van der Waals surface area (Å²) in [4.78, 5) is 103. The third kappa shape index (κ3) is 21.2. The number of hydrogen-bond donors (Lipinski definition) is 4. The van der Waals surface area contributed by atoms with E-state index in [1.807, 2.05) is 57.3 Å². The molecule has 9 atom stereocenters. The van der Waals surface area contributed by atoms with Crippen molar-refractivity contribution in [3.8, 4) is 5.75 Å². The van der Waals surface area contributed by atoms with Crippen LogP contribution in [-0.4, -0.2) is 211 Å². The quantitative estimate of drug-likeness (QED) is 0.0251. The van der Waals surface area contributed by atoms with Gasteiger partial charge in [-0.3, -0.25) is 28.8 Å². The zero-order valence-electron chi connectivity index (χ0n) is 64.1. The fourth-order valence-electron chi connectivity index (χ4n) is 15.4. The van der Waals surface area contributed by atoms with Crippen LogP contribution in [0.1, 0.15) is 171 Å². The predicted molar refractivity (Wildman–Crippen MR) is 403 cm³/mol. The van der Waals surface area contributed by atoms with Crippen LogP contribution in [0.4, 0.5) is 5.69 Å². The Morgan fingerprint density at radius 2 is 1.40 bits per heavy atom. The van der Waals surface area contributed by atoms with Crippen LogP contribution in [0.2, 0.25) is 5.02 Å². The Kier molecular flexibility index (Phi) is 30.2. The molecule has 1 unspecified atom stereocenters. The molecule has 4 heterocycles. The molecule has 1 saturated carbocycles. The van der Waals surface area contributed by atoms with Crippen molar-refractivity contribution in [2.45, 2.75) is 197 Å². The highest BCUT2D eigenvalue weighted by molar-refractivity contribution is 6.35. The van der Waals surface area contributed by atoms with E-state index in [2.05, 4.69) is 40.7 Å². The standard InChI is InChI=1S/C81H114ClN7O17/c1-53-22-21-29-68(99-11)81(97)50-67(104-72(94)52-81)54(2)76-80(5,105-76)79(4,51-71(93)89(9)64-47-57(46-53)48-66(98-10)73(64)82)106-78(96)55(3)88(8)77(95)58-33-31-56(32-34-58)23-14-19-30-69(91)87(7)37-39-101-41-43-103-45-44-102-42-40-100-38-35-70(92)86(6)36-20-12-13-28-65(90)63-49-59-24-15-16-25-60(59)74-75(84-85-83-74)62-27-18-17-26-61(62)63/h15-18,21-22,24-27,29,47-48,54-56,58,63,67-68,76,83-85,97H,12-14,19-20,23,28,30-46,49-52H2,1-11H3/b29-21+,53-22+/t54-,55+,56?,58?,63?,67+,68-,76+,79+,80-,81-/m1/s1. The Morgan fingerprint density at radius 1 is 0.764 bits per heavy atom. The van der Waals surface area contributed by atoms with Gasteiger partial charge in [0.25, 0.3) is 0 Å². The van der Waals surface area contributed by atoms with Gasteiger partial charge in [0.1, 0.15) is 51.6 Å². The van der Waals surface area contributed by atoms with Crippen molar-refractivity contribution < 1.29 is 81.3 Å². The number of fused-ring (bicyclic) bond motifs is 9. The molecule has 0 radical (unpaired) electrons. The third-order valence-electron chi connectivity index (χ3n) is 22.5. The van der Waals surface area contributed by atoms with Crippen LogP contribution < -0.4 is 26.0 Å². The zero-order valence-corrected chi connectivity index (χ0v) is 64.8. The van der Waals surface area contributed by atoms with Crippen molar-refractivity contribution >= 4 is 70.0 Å². The molecular weight excluding hydrogens is 1380 g/mol. The second kappa shape index (κ2) is 38.7. The highest BCUT2D eigenvalue weighted by Gasteiger charge is 2.70. The second-order valence-corrected chi connectivity index (χ2v) is 30.4. The molecule has 3 fully saturated rings. The number of ether oxygens (including phenoxy) is 9. The molecule has 9 rings (SSSR count). The Labute approximate surface area is 630 Å². The summed E-state index contributed by atoms with van der Waals surface area (Å²) in [5.41, 5.74) is 13.3. The number of halogens is 1. The summed E-state index contributed by atoms with van der Waals surface area (Å²) in [7, 11) is 9.76. The average molecular weight is 1490 g/mol. The number of nitrogens with zero attached hydrogens (tertiary/aromatic N) is 4. The first-order valence-electron chi connectivity index (χ1n) is 37.9. The van der Waals surface area contributed by atoms with Gasteiger partial charge in [0.05, 0.1) is 102 Å². The van der Waals surface area contributed by atoms with E-state index in [1.165, 1.54) is 24.0 Å². The van der Waals surface area contributed by atoms with Gasteiger partial charge in [-0.25, -0.2) is 4.79 Å². The summed E-state index contributed by atoms with van der Waals surface area (Å²) >= 11 is 6.92. The van der Waals surface area contributed by atoms with Crippen LogP contribution in [-0.2, 0) is 84.3 Å². The van der Waals surface area contributed by atoms with Crippen molar-refractivity contribution in [2.24, 2.45) is 17.8 Å². The minimum absolute atomic E-state index is 0.0149. The Balaban J connectivity index is 0.606. The molecule has 4 bridgehead atoms. The molecule has 4 amide bonds. The number of rotatable bonds is 33. The monoisotopic (exact) mass is 1490 g/mol. The number of hydrazine groups is 2. The molecule has 2 aliphatic carbocycles. The first kappa shape index (κ1) is 82.8. The average Bonchev–Trinajstić information content (AvgIpc) is 1.55. The third-order valence-corrected chi connectivity index (χ3v) is 22.9. The number of nitrogens with one attached hydrogen (secondary N) is 3. The second-order valence-electron chi connectivity index (χ2n) is 30.0. The van der Waals surface area contributed by atoms with E-state index in [4.69, 9.17) is 54.2 Å². The Morgan fingerprint density at radius 3 is 2.09 bits per heavy atom. The summed E-state index contributed by atoms with van der Waals surface area (Å²) in [6.45, 7) is 12.9. The number of allylic oxidation sites excluding steroid dienone is 3. The molecule has 6 aliphatic rings. The summed E-state index contributed by atoms with van der Waals surface area (Å²) in [6, 6.07) is 19.0. The molecular formula is C81H114ClN7O17. The first-order chi connectivity index (χ1) is 50.8. The van der Waals surface area contributed by atoms with Crippen molar-refractivity contribution in [2.75, 3.05) is 113 Å². The number of carbonyl (C=O) groups is 7. The van der Waals surface area contributed by atoms with Gasteiger partial charge in [-0.2, -0.15) is 0 Å². The smallest absolute Gasteiger partial charge is 0.329 e.